The Morgan fingerprint density at radius 1 is 1.11 bits per heavy atom. The number of nitrogens with one attached hydrogen (secondary N) is 1. The van der Waals surface area contributed by atoms with E-state index >= 15 is 0 Å². The summed E-state index contributed by atoms with van der Waals surface area (Å²) in [5.74, 6) is -0.182. The number of pyridine rings is 2. The van der Waals surface area contributed by atoms with Crippen LogP contribution in [-0.4, -0.2) is 20.3 Å². The zero-order chi connectivity index (χ0) is 12.4. The second-order valence-electron chi connectivity index (χ2n) is 3.77. The van der Waals surface area contributed by atoms with Gasteiger partial charge in [0, 0.05) is 36.7 Å². The molecule has 0 fully saturated rings. The number of nitrogens with zero attached hydrogens (tertiary/aromatic N) is 3. The number of imidazole rings is 1. The number of hydrogen-bond acceptors (Lipinski definition) is 3. The van der Waals surface area contributed by atoms with Crippen LogP contribution in [-0.2, 0) is 0 Å². The van der Waals surface area contributed by atoms with Crippen LogP contribution in [0.15, 0.2) is 55.2 Å². The highest BCUT2D eigenvalue weighted by atomic mass is 16.1. The lowest BCUT2D eigenvalue weighted by molar-refractivity contribution is 0.102. The van der Waals surface area contributed by atoms with E-state index in [2.05, 4.69) is 15.3 Å². The van der Waals surface area contributed by atoms with Crippen LogP contribution in [0.1, 0.15) is 10.4 Å². The highest BCUT2D eigenvalue weighted by molar-refractivity contribution is 6.08. The van der Waals surface area contributed by atoms with Crippen molar-refractivity contribution < 1.29 is 4.79 Å². The lowest BCUT2D eigenvalue weighted by Gasteiger charge is -2.05. The maximum absolute atomic E-state index is 12.1. The Bertz CT molecular complexity index is 690. The van der Waals surface area contributed by atoms with E-state index in [1.807, 2.05) is 16.7 Å². The Balaban J connectivity index is 1.95. The molecule has 5 heteroatoms. The smallest absolute Gasteiger partial charge is 0.259 e. The van der Waals surface area contributed by atoms with Gasteiger partial charge in [-0.25, -0.2) is 4.98 Å². The van der Waals surface area contributed by atoms with Crippen molar-refractivity contribution in [2.24, 2.45) is 0 Å². The molecule has 0 aliphatic carbocycles. The number of amides is 1. The van der Waals surface area contributed by atoms with Crippen LogP contribution < -0.4 is 5.32 Å². The molecule has 1 amide bonds. The summed E-state index contributed by atoms with van der Waals surface area (Å²) in [6, 6.07) is 7.04. The maximum atomic E-state index is 12.1. The first-order chi connectivity index (χ1) is 8.84. The van der Waals surface area contributed by atoms with Gasteiger partial charge in [0.1, 0.15) is 5.65 Å². The summed E-state index contributed by atoms with van der Waals surface area (Å²) < 4.78 is 1.81. The molecule has 0 unspecified atom stereocenters. The molecular weight excluding hydrogens is 228 g/mol. The molecule has 0 spiro atoms. The Morgan fingerprint density at radius 3 is 2.78 bits per heavy atom. The first kappa shape index (κ1) is 10.5. The van der Waals surface area contributed by atoms with Gasteiger partial charge in [-0.3, -0.25) is 9.78 Å². The van der Waals surface area contributed by atoms with Crippen molar-refractivity contribution in [3.8, 4) is 0 Å². The quantitative estimate of drug-likeness (QED) is 0.742. The van der Waals surface area contributed by atoms with Gasteiger partial charge in [0.15, 0.2) is 0 Å². The number of anilines is 1. The SMILES string of the molecule is O=C(Nc1ccncc1)c1cccn2ccnc12. The van der Waals surface area contributed by atoms with Gasteiger partial charge in [-0.1, -0.05) is 0 Å². The topological polar surface area (TPSA) is 59.3 Å². The number of carbonyl (C=O) groups excluding carboxylic acids is 1. The van der Waals surface area contributed by atoms with Crippen molar-refractivity contribution in [2.75, 3.05) is 5.32 Å². The highest BCUT2D eigenvalue weighted by Gasteiger charge is 2.11. The van der Waals surface area contributed by atoms with E-state index in [1.54, 1.807) is 43.0 Å². The van der Waals surface area contributed by atoms with Crippen molar-refractivity contribution in [1.82, 2.24) is 14.4 Å². The third kappa shape index (κ3) is 1.82. The molecule has 3 aromatic rings. The van der Waals surface area contributed by atoms with Gasteiger partial charge in [-0.05, 0) is 24.3 Å². The first-order valence-corrected chi connectivity index (χ1v) is 5.48. The van der Waals surface area contributed by atoms with Crippen LogP contribution in [0.3, 0.4) is 0 Å². The van der Waals surface area contributed by atoms with Gasteiger partial charge in [0.2, 0.25) is 0 Å². The van der Waals surface area contributed by atoms with Gasteiger partial charge < -0.3 is 9.72 Å². The maximum Gasteiger partial charge on any atom is 0.259 e. The number of hydrogen-bond donors (Lipinski definition) is 1. The third-order valence-electron chi connectivity index (χ3n) is 2.60. The van der Waals surface area contributed by atoms with Crippen LogP contribution in [0, 0.1) is 0 Å². The number of aromatic nitrogens is 3. The van der Waals surface area contributed by atoms with E-state index in [0.717, 1.165) is 0 Å². The van der Waals surface area contributed by atoms with E-state index in [4.69, 9.17) is 0 Å². The van der Waals surface area contributed by atoms with Crippen molar-refractivity contribution in [3.05, 3.63) is 60.8 Å². The lowest BCUT2D eigenvalue weighted by atomic mass is 10.2. The zero-order valence-electron chi connectivity index (χ0n) is 9.45. The Labute approximate surface area is 103 Å². The Morgan fingerprint density at radius 2 is 1.94 bits per heavy atom. The molecule has 0 saturated heterocycles. The molecule has 0 aliphatic heterocycles. The molecular formula is C13H10N4O. The molecule has 3 rings (SSSR count). The van der Waals surface area contributed by atoms with Gasteiger partial charge >= 0.3 is 0 Å². The molecule has 0 radical (unpaired) electrons. The third-order valence-corrected chi connectivity index (χ3v) is 2.60. The van der Waals surface area contributed by atoms with Crippen LogP contribution in [0.25, 0.3) is 5.65 Å². The van der Waals surface area contributed by atoms with Crippen LogP contribution in [0.2, 0.25) is 0 Å². The molecule has 0 atom stereocenters. The van der Waals surface area contributed by atoms with Crippen molar-refractivity contribution in [2.45, 2.75) is 0 Å². The fourth-order valence-corrected chi connectivity index (χ4v) is 1.76. The monoisotopic (exact) mass is 238 g/mol. The largest absolute Gasteiger partial charge is 0.322 e. The molecule has 3 heterocycles. The molecule has 1 N–H and O–H groups in total. The van der Waals surface area contributed by atoms with Crippen LogP contribution >= 0.6 is 0 Å². The van der Waals surface area contributed by atoms with Crippen molar-refractivity contribution in [1.29, 1.82) is 0 Å². The minimum absolute atomic E-state index is 0.182. The molecule has 5 nitrogen and oxygen atoms in total. The second kappa shape index (κ2) is 4.29. The second-order valence-corrected chi connectivity index (χ2v) is 3.77. The zero-order valence-corrected chi connectivity index (χ0v) is 9.45. The van der Waals surface area contributed by atoms with E-state index in [-0.39, 0.29) is 5.91 Å². The number of fused-ring (bicyclic) bond motifs is 1. The summed E-state index contributed by atoms with van der Waals surface area (Å²) in [6.07, 6.45) is 8.58. The molecule has 0 bridgehead atoms. The van der Waals surface area contributed by atoms with E-state index in [1.165, 1.54) is 0 Å². The summed E-state index contributed by atoms with van der Waals surface area (Å²) >= 11 is 0. The minimum Gasteiger partial charge on any atom is -0.322 e. The fraction of sp³-hybridized carbons (Fsp3) is 0. The van der Waals surface area contributed by atoms with Gasteiger partial charge in [-0.2, -0.15) is 0 Å². The van der Waals surface area contributed by atoms with Crippen molar-refractivity contribution in [3.63, 3.8) is 0 Å². The van der Waals surface area contributed by atoms with E-state index < -0.39 is 0 Å². The normalized spacial score (nSPS) is 10.4. The predicted molar refractivity (Wildman–Crippen MR) is 67.4 cm³/mol. The highest BCUT2D eigenvalue weighted by Crippen LogP contribution is 2.12. The average Bonchev–Trinajstić information content (AvgIpc) is 2.87. The van der Waals surface area contributed by atoms with Gasteiger partial charge in [0.05, 0.1) is 5.56 Å². The summed E-state index contributed by atoms with van der Waals surface area (Å²) in [6.45, 7) is 0. The summed E-state index contributed by atoms with van der Waals surface area (Å²) in [4.78, 5) is 20.2. The van der Waals surface area contributed by atoms with Crippen LogP contribution in [0.5, 0.6) is 0 Å². The van der Waals surface area contributed by atoms with Gasteiger partial charge in [0.25, 0.3) is 5.91 Å². The predicted octanol–water partition coefficient (Wildman–Crippen LogP) is 1.98. The van der Waals surface area contributed by atoms with Crippen molar-refractivity contribution >= 4 is 17.2 Å². The molecule has 3 aromatic heterocycles. The molecule has 0 saturated carbocycles. The summed E-state index contributed by atoms with van der Waals surface area (Å²) in [5, 5.41) is 2.81. The lowest BCUT2D eigenvalue weighted by Crippen LogP contribution is -2.13. The van der Waals surface area contributed by atoms with Gasteiger partial charge in [-0.15, -0.1) is 0 Å². The minimum atomic E-state index is -0.182. The van der Waals surface area contributed by atoms with Crippen LogP contribution in [0.4, 0.5) is 5.69 Å². The first-order valence-electron chi connectivity index (χ1n) is 5.48. The molecule has 0 aromatic carbocycles. The summed E-state index contributed by atoms with van der Waals surface area (Å²) in [5.41, 5.74) is 1.90. The van der Waals surface area contributed by atoms with E-state index in [0.29, 0.717) is 16.9 Å². The molecule has 0 aliphatic rings. The number of rotatable bonds is 2. The summed E-state index contributed by atoms with van der Waals surface area (Å²) in [7, 11) is 0. The number of carbonyl (C=O) groups is 1. The fourth-order valence-electron chi connectivity index (χ4n) is 1.76. The standard InChI is InChI=1S/C13H10N4O/c18-13(16-10-3-5-14-6-4-10)11-2-1-8-17-9-7-15-12(11)17/h1-9H,(H,14,16,18). The average molecular weight is 238 g/mol. The molecule has 18 heavy (non-hydrogen) atoms. The Hall–Kier alpha value is -2.69. The Kier molecular flexibility index (Phi) is 2.49. The van der Waals surface area contributed by atoms with E-state index in [9.17, 15) is 4.79 Å². The molecule has 88 valence electrons.